The number of hydrogen-bond acceptors (Lipinski definition) is 4. The standard InChI is InChI=1S/C19H27F3N2O3.ClH/c1-17(2,3)27-14-5-4-13(15(10-14)19(20,21)22)11-24-16(25)18(12-23)6-8-26-9-7-18;/h4-5,10H,6-9,11-12,23H2,1-3H3,(H,24,25);1H. The Labute approximate surface area is 169 Å². The molecule has 0 spiro atoms. The molecule has 9 heteroatoms. The Hall–Kier alpha value is -1.51. The lowest BCUT2D eigenvalue weighted by Gasteiger charge is -2.34. The summed E-state index contributed by atoms with van der Waals surface area (Å²) in [4.78, 5) is 12.6. The number of amides is 1. The van der Waals surface area contributed by atoms with Crippen molar-refractivity contribution in [1.29, 1.82) is 0 Å². The van der Waals surface area contributed by atoms with Crippen molar-refractivity contribution in [2.45, 2.75) is 51.9 Å². The van der Waals surface area contributed by atoms with Gasteiger partial charge in [-0.1, -0.05) is 6.07 Å². The van der Waals surface area contributed by atoms with Gasteiger partial charge in [0.15, 0.2) is 0 Å². The highest BCUT2D eigenvalue weighted by molar-refractivity contribution is 5.85. The first-order chi connectivity index (χ1) is 12.5. The van der Waals surface area contributed by atoms with Crippen LogP contribution in [0.4, 0.5) is 13.2 Å². The minimum Gasteiger partial charge on any atom is -0.488 e. The van der Waals surface area contributed by atoms with Gasteiger partial charge in [-0.2, -0.15) is 13.2 Å². The van der Waals surface area contributed by atoms with Gasteiger partial charge in [0.2, 0.25) is 5.91 Å². The molecule has 0 aromatic heterocycles. The van der Waals surface area contributed by atoms with E-state index in [1.165, 1.54) is 12.1 Å². The summed E-state index contributed by atoms with van der Waals surface area (Å²) in [6.07, 6.45) is -3.64. The molecule has 1 heterocycles. The maximum absolute atomic E-state index is 13.5. The SMILES string of the molecule is CC(C)(C)Oc1ccc(CNC(=O)C2(CN)CCOCC2)c(C(F)(F)F)c1.Cl. The number of alkyl halides is 3. The van der Waals surface area contributed by atoms with Gasteiger partial charge in [0.25, 0.3) is 0 Å². The number of benzene rings is 1. The van der Waals surface area contributed by atoms with E-state index in [9.17, 15) is 18.0 Å². The molecule has 1 aliphatic heterocycles. The van der Waals surface area contributed by atoms with Crippen molar-refractivity contribution in [3.63, 3.8) is 0 Å². The quantitative estimate of drug-likeness (QED) is 0.756. The third-order valence-electron chi connectivity index (χ3n) is 4.57. The number of carbonyl (C=O) groups excluding carboxylic acids is 1. The van der Waals surface area contributed by atoms with E-state index >= 15 is 0 Å². The summed E-state index contributed by atoms with van der Waals surface area (Å²) >= 11 is 0. The summed E-state index contributed by atoms with van der Waals surface area (Å²) < 4.78 is 51.2. The minimum atomic E-state index is -4.55. The number of ether oxygens (including phenoxy) is 2. The molecule has 0 unspecified atom stereocenters. The van der Waals surface area contributed by atoms with E-state index < -0.39 is 22.8 Å². The zero-order chi connectivity index (χ0) is 20.3. The molecule has 1 aromatic carbocycles. The summed E-state index contributed by atoms with van der Waals surface area (Å²) in [6.45, 7) is 6.00. The van der Waals surface area contributed by atoms with Crippen LogP contribution in [0.3, 0.4) is 0 Å². The van der Waals surface area contributed by atoms with Gasteiger partial charge >= 0.3 is 6.18 Å². The van der Waals surface area contributed by atoms with Crippen LogP contribution in [-0.4, -0.2) is 31.3 Å². The van der Waals surface area contributed by atoms with Crippen LogP contribution in [0.15, 0.2) is 18.2 Å². The summed E-state index contributed by atoms with van der Waals surface area (Å²) in [7, 11) is 0. The average Bonchev–Trinajstić information content (AvgIpc) is 2.58. The van der Waals surface area contributed by atoms with E-state index in [2.05, 4.69) is 5.32 Å². The van der Waals surface area contributed by atoms with Crippen LogP contribution < -0.4 is 15.8 Å². The molecule has 0 aliphatic carbocycles. The molecule has 160 valence electrons. The Kier molecular flexibility index (Phi) is 8.17. The largest absolute Gasteiger partial charge is 0.488 e. The molecule has 1 fully saturated rings. The van der Waals surface area contributed by atoms with Gasteiger partial charge in [-0.15, -0.1) is 12.4 Å². The fourth-order valence-corrected chi connectivity index (χ4v) is 3.04. The summed E-state index contributed by atoms with van der Waals surface area (Å²) in [6, 6.07) is 3.79. The molecule has 3 N–H and O–H groups in total. The van der Waals surface area contributed by atoms with Crippen LogP contribution in [-0.2, 0) is 22.3 Å². The third-order valence-corrected chi connectivity index (χ3v) is 4.57. The smallest absolute Gasteiger partial charge is 0.416 e. The van der Waals surface area contributed by atoms with Crippen LogP contribution >= 0.6 is 12.4 Å². The van der Waals surface area contributed by atoms with Crippen LogP contribution in [0.5, 0.6) is 5.75 Å². The summed E-state index contributed by atoms with van der Waals surface area (Å²) in [5, 5.41) is 2.63. The van der Waals surface area contributed by atoms with E-state index in [0.717, 1.165) is 6.07 Å². The maximum Gasteiger partial charge on any atom is 0.416 e. The van der Waals surface area contributed by atoms with Crippen LogP contribution in [0.1, 0.15) is 44.7 Å². The molecule has 0 radical (unpaired) electrons. The zero-order valence-corrected chi connectivity index (χ0v) is 17.1. The number of nitrogens with one attached hydrogen (secondary N) is 1. The molecule has 1 aromatic rings. The molecule has 0 atom stereocenters. The van der Waals surface area contributed by atoms with Crippen LogP contribution in [0.25, 0.3) is 0 Å². The van der Waals surface area contributed by atoms with Gasteiger partial charge in [-0.3, -0.25) is 4.79 Å². The molecule has 1 aliphatic rings. The first-order valence-electron chi connectivity index (χ1n) is 8.92. The highest BCUT2D eigenvalue weighted by Gasteiger charge is 2.39. The van der Waals surface area contributed by atoms with Gasteiger partial charge in [-0.25, -0.2) is 0 Å². The predicted octanol–water partition coefficient (Wildman–Crippen LogP) is 3.68. The normalized spacial score (nSPS) is 16.8. The van der Waals surface area contributed by atoms with Crippen LogP contribution in [0, 0.1) is 5.41 Å². The van der Waals surface area contributed by atoms with E-state index in [4.69, 9.17) is 15.2 Å². The van der Waals surface area contributed by atoms with Crippen molar-refractivity contribution in [2.75, 3.05) is 19.8 Å². The van der Waals surface area contributed by atoms with Gasteiger partial charge in [0.05, 0.1) is 11.0 Å². The Balaban J connectivity index is 0.00000392. The summed E-state index contributed by atoms with van der Waals surface area (Å²) in [5.74, 6) is -0.204. The predicted molar refractivity (Wildman–Crippen MR) is 102 cm³/mol. The van der Waals surface area contributed by atoms with E-state index in [1.807, 2.05) is 0 Å². The molecule has 5 nitrogen and oxygen atoms in total. The minimum absolute atomic E-state index is 0. The molecule has 28 heavy (non-hydrogen) atoms. The second-order valence-corrected chi connectivity index (χ2v) is 7.81. The van der Waals surface area contributed by atoms with Gasteiger partial charge < -0.3 is 20.5 Å². The molecule has 0 saturated carbocycles. The van der Waals surface area contributed by atoms with Crippen molar-refractivity contribution < 1.29 is 27.4 Å². The zero-order valence-electron chi connectivity index (χ0n) is 16.3. The summed E-state index contributed by atoms with van der Waals surface area (Å²) in [5.41, 5.74) is 3.53. The Morgan fingerprint density at radius 2 is 1.86 bits per heavy atom. The Morgan fingerprint density at radius 3 is 2.36 bits per heavy atom. The number of nitrogens with two attached hydrogens (primary N) is 1. The highest BCUT2D eigenvalue weighted by Crippen LogP contribution is 2.36. The average molecular weight is 425 g/mol. The van der Waals surface area contributed by atoms with E-state index in [0.29, 0.717) is 26.1 Å². The number of hydrogen-bond donors (Lipinski definition) is 2. The first-order valence-corrected chi connectivity index (χ1v) is 8.92. The second-order valence-electron chi connectivity index (χ2n) is 7.81. The van der Waals surface area contributed by atoms with Crippen molar-refractivity contribution in [1.82, 2.24) is 5.32 Å². The van der Waals surface area contributed by atoms with Crippen molar-refractivity contribution in [2.24, 2.45) is 11.1 Å². The van der Waals surface area contributed by atoms with Gasteiger partial charge in [-0.05, 0) is 51.3 Å². The molecule has 1 amide bonds. The van der Waals surface area contributed by atoms with Crippen molar-refractivity contribution in [3.05, 3.63) is 29.3 Å². The molecule has 1 saturated heterocycles. The fraction of sp³-hybridized carbons (Fsp3) is 0.632. The third kappa shape index (κ3) is 6.25. The molecule has 0 bridgehead atoms. The molecular weight excluding hydrogens is 397 g/mol. The van der Waals surface area contributed by atoms with E-state index in [1.54, 1.807) is 20.8 Å². The lowest BCUT2D eigenvalue weighted by molar-refractivity contribution is -0.139. The number of rotatable bonds is 5. The van der Waals surface area contributed by atoms with Gasteiger partial charge in [0, 0.05) is 26.3 Å². The van der Waals surface area contributed by atoms with Gasteiger partial charge in [0.1, 0.15) is 11.4 Å². The lowest BCUT2D eigenvalue weighted by Crippen LogP contribution is -2.49. The highest BCUT2D eigenvalue weighted by atomic mass is 35.5. The van der Waals surface area contributed by atoms with E-state index in [-0.39, 0.29) is 42.7 Å². The fourth-order valence-electron chi connectivity index (χ4n) is 3.04. The monoisotopic (exact) mass is 424 g/mol. The van der Waals surface area contributed by atoms with Crippen molar-refractivity contribution in [3.8, 4) is 5.75 Å². The Bertz CT molecular complexity index is 669. The molecule has 2 rings (SSSR count). The topological polar surface area (TPSA) is 73.6 Å². The number of carbonyl (C=O) groups is 1. The molecular formula is C19H28ClF3N2O3. The number of halogens is 4. The Morgan fingerprint density at radius 1 is 1.25 bits per heavy atom. The van der Waals surface area contributed by atoms with Crippen LogP contribution in [0.2, 0.25) is 0 Å². The second kappa shape index (κ2) is 9.33. The van der Waals surface area contributed by atoms with Crippen molar-refractivity contribution >= 4 is 18.3 Å². The lowest BCUT2D eigenvalue weighted by atomic mass is 9.79. The first kappa shape index (κ1) is 24.5. The maximum atomic E-state index is 13.5.